The summed E-state index contributed by atoms with van der Waals surface area (Å²) in [4.78, 5) is 0. The minimum Gasteiger partial charge on any atom is -0.394 e. The quantitative estimate of drug-likeness (QED) is 0.0369. The molecule has 0 aliphatic heterocycles. The number of aliphatic hydroxyl groups excluding tert-OH is 7. The minimum absolute atomic E-state index is 0.00710. The molecule has 0 aromatic rings. The molecule has 0 rings (SSSR count). The number of aliphatic hydroxyl groups is 7. The number of likely N-dealkylation sites (N-methyl/N-ethyl adjacent to an activating group) is 1. The Labute approximate surface area is 271 Å². The summed E-state index contributed by atoms with van der Waals surface area (Å²) in [7, 11) is 4.23. The lowest BCUT2D eigenvalue weighted by Crippen LogP contribution is -2.47. The van der Waals surface area contributed by atoms with E-state index in [9.17, 15) is 25.5 Å². The van der Waals surface area contributed by atoms with Crippen LogP contribution in [-0.2, 0) is 23.7 Å². The monoisotopic (exact) mass is 658 g/mol. The molecule has 6 atom stereocenters. The van der Waals surface area contributed by atoms with E-state index in [-0.39, 0.29) is 66.1 Å². The van der Waals surface area contributed by atoms with Crippen LogP contribution in [0.1, 0.15) is 71.1 Å². The van der Waals surface area contributed by atoms with Crippen molar-refractivity contribution < 1.29 is 63.9 Å². The molecule has 0 amide bonds. The van der Waals surface area contributed by atoms with E-state index in [0.717, 1.165) is 17.4 Å². The fourth-order valence-electron chi connectivity index (χ4n) is 4.69. The number of quaternary nitrogens is 1. The summed E-state index contributed by atoms with van der Waals surface area (Å²) in [5, 5.41) is 67.9. The normalized spacial score (nSPS) is 16.4. The third-order valence-corrected chi connectivity index (χ3v) is 7.14. The summed E-state index contributed by atoms with van der Waals surface area (Å²) < 4.78 is 27.0. The van der Waals surface area contributed by atoms with Crippen molar-refractivity contribution in [1.82, 2.24) is 0 Å². The van der Waals surface area contributed by atoms with Crippen LogP contribution in [0.3, 0.4) is 0 Å². The first kappa shape index (κ1) is 44.5. The zero-order chi connectivity index (χ0) is 33.8. The Hall–Kier alpha value is -0.520. The van der Waals surface area contributed by atoms with E-state index in [1.54, 1.807) is 0 Å². The number of ether oxygens (including phenoxy) is 5. The van der Waals surface area contributed by atoms with Crippen molar-refractivity contribution in [2.24, 2.45) is 0 Å². The second-order valence-corrected chi connectivity index (χ2v) is 12.8. The minimum atomic E-state index is -1.01. The van der Waals surface area contributed by atoms with Gasteiger partial charge in [-0.25, -0.2) is 0 Å². The fourth-order valence-corrected chi connectivity index (χ4v) is 4.69. The first-order chi connectivity index (χ1) is 21.5. The van der Waals surface area contributed by atoms with Crippen LogP contribution in [0.2, 0.25) is 0 Å². The highest BCUT2D eigenvalue weighted by Crippen LogP contribution is 2.12. The van der Waals surface area contributed by atoms with Crippen molar-refractivity contribution in [1.29, 1.82) is 0 Å². The van der Waals surface area contributed by atoms with Crippen molar-refractivity contribution in [3.05, 3.63) is 0 Å². The molecular weight excluding hydrogens is 590 g/mol. The van der Waals surface area contributed by atoms with Crippen LogP contribution in [0.4, 0.5) is 0 Å². The molecule has 6 unspecified atom stereocenters. The van der Waals surface area contributed by atoms with Crippen molar-refractivity contribution in [2.45, 2.75) is 108 Å². The second-order valence-electron chi connectivity index (χ2n) is 12.8. The first-order valence-electron chi connectivity index (χ1n) is 16.9. The Kier molecular flexibility index (Phi) is 29.3. The van der Waals surface area contributed by atoms with Crippen LogP contribution < -0.4 is 0 Å². The van der Waals surface area contributed by atoms with E-state index in [1.807, 2.05) is 0 Å². The van der Waals surface area contributed by atoms with Gasteiger partial charge in [0.05, 0.1) is 93.3 Å². The van der Waals surface area contributed by atoms with Crippen LogP contribution in [0.15, 0.2) is 0 Å². The molecule has 272 valence electrons. The zero-order valence-corrected chi connectivity index (χ0v) is 28.3. The third kappa shape index (κ3) is 30.6. The lowest BCUT2D eigenvalue weighted by molar-refractivity contribution is -0.893. The maximum absolute atomic E-state index is 10.4. The maximum atomic E-state index is 10.4. The van der Waals surface area contributed by atoms with Crippen LogP contribution in [0.25, 0.3) is 0 Å². The predicted molar refractivity (Wildman–Crippen MR) is 171 cm³/mol. The molecule has 45 heavy (non-hydrogen) atoms. The van der Waals surface area contributed by atoms with Gasteiger partial charge in [-0.1, -0.05) is 58.3 Å². The molecule has 13 heteroatoms. The SMILES string of the molecule is CCCCCCCCCCCC[N+](C)(C)CC(O)COCC(O)COCC(O)COCC(O)COCC(O)COCC(O)CO. The van der Waals surface area contributed by atoms with Gasteiger partial charge in [-0.2, -0.15) is 0 Å². The Morgan fingerprint density at radius 2 is 0.711 bits per heavy atom. The fraction of sp³-hybridized carbons (Fsp3) is 1.00. The van der Waals surface area contributed by atoms with E-state index < -0.39 is 43.2 Å². The number of unbranched alkanes of at least 4 members (excludes halogenated alkanes) is 9. The van der Waals surface area contributed by atoms with Gasteiger partial charge in [0.1, 0.15) is 43.2 Å². The van der Waals surface area contributed by atoms with Crippen LogP contribution in [0.5, 0.6) is 0 Å². The molecule has 0 bridgehead atoms. The molecule has 0 aliphatic carbocycles. The summed E-state index contributed by atoms with van der Waals surface area (Å²) in [6.07, 6.45) is 7.57. The molecule has 7 N–H and O–H groups in total. The van der Waals surface area contributed by atoms with Gasteiger partial charge in [-0.05, 0) is 12.8 Å². The lowest BCUT2D eigenvalue weighted by atomic mass is 10.1. The molecule has 0 aliphatic rings. The number of hydrogen-bond acceptors (Lipinski definition) is 12. The summed E-state index contributed by atoms with van der Waals surface area (Å²) in [5.74, 6) is 0. The van der Waals surface area contributed by atoms with Gasteiger partial charge in [0, 0.05) is 0 Å². The Bertz CT molecular complexity index is 633. The van der Waals surface area contributed by atoms with E-state index in [4.69, 9.17) is 33.9 Å². The van der Waals surface area contributed by atoms with Crippen LogP contribution in [0, 0.1) is 0 Å². The maximum Gasteiger partial charge on any atom is 0.126 e. The van der Waals surface area contributed by atoms with Gasteiger partial charge < -0.3 is 63.9 Å². The topological polar surface area (TPSA) is 188 Å². The van der Waals surface area contributed by atoms with Crippen molar-refractivity contribution in [3.63, 3.8) is 0 Å². The van der Waals surface area contributed by atoms with Crippen molar-refractivity contribution in [3.8, 4) is 0 Å². The van der Waals surface area contributed by atoms with Crippen LogP contribution in [-0.4, -0.2) is 177 Å². The highest BCUT2D eigenvalue weighted by molar-refractivity contribution is 4.60. The van der Waals surface area contributed by atoms with Gasteiger partial charge >= 0.3 is 0 Å². The Morgan fingerprint density at radius 3 is 1.04 bits per heavy atom. The summed E-state index contributed by atoms with van der Waals surface area (Å²) >= 11 is 0. The van der Waals surface area contributed by atoms with Gasteiger partial charge in [0.15, 0.2) is 0 Å². The molecule has 0 saturated carbocycles. The molecule has 0 aromatic carbocycles. The van der Waals surface area contributed by atoms with Crippen molar-refractivity contribution in [2.75, 3.05) is 99.9 Å². The number of rotatable bonds is 34. The zero-order valence-electron chi connectivity index (χ0n) is 28.3. The van der Waals surface area contributed by atoms with E-state index in [2.05, 4.69) is 21.0 Å². The second kappa shape index (κ2) is 29.6. The molecular formula is C32H68NO12+. The molecule has 0 aromatic heterocycles. The average Bonchev–Trinajstić information content (AvgIpc) is 2.97. The first-order valence-corrected chi connectivity index (χ1v) is 16.9. The molecule has 13 nitrogen and oxygen atoms in total. The Morgan fingerprint density at radius 1 is 0.422 bits per heavy atom. The molecule has 0 heterocycles. The van der Waals surface area contributed by atoms with Gasteiger partial charge in [0.2, 0.25) is 0 Å². The molecule has 0 saturated heterocycles. The van der Waals surface area contributed by atoms with Crippen LogP contribution >= 0.6 is 0 Å². The highest BCUT2D eigenvalue weighted by Gasteiger charge is 2.21. The number of hydrogen-bond donors (Lipinski definition) is 7. The summed E-state index contributed by atoms with van der Waals surface area (Å²) in [6, 6.07) is 0. The molecule has 0 radical (unpaired) electrons. The smallest absolute Gasteiger partial charge is 0.126 e. The molecule has 0 fully saturated rings. The Balaban J connectivity index is 3.75. The van der Waals surface area contributed by atoms with Gasteiger partial charge in [-0.15, -0.1) is 0 Å². The molecule has 0 spiro atoms. The van der Waals surface area contributed by atoms with E-state index >= 15 is 0 Å². The van der Waals surface area contributed by atoms with Gasteiger partial charge in [0.25, 0.3) is 0 Å². The predicted octanol–water partition coefficient (Wildman–Crippen LogP) is 0.224. The largest absolute Gasteiger partial charge is 0.394 e. The van der Waals surface area contributed by atoms with E-state index in [0.29, 0.717) is 6.54 Å². The third-order valence-electron chi connectivity index (χ3n) is 7.14. The summed E-state index contributed by atoms with van der Waals surface area (Å²) in [5.41, 5.74) is 0. The van der Waals surface area contributed by atoms with E-state index in [1.165, 1.54) is 57.8 Å². The summed E-state index contributed by atoms with van der Waals surface area (Å²) in [6.45, 7) is 2.83. The highest BCUT2D eigenvalue weighted by atomic mass is 16.5. The van der Waals surface area contributed by atoms with Crippen molar-refractivity contribution >= 4 is 0 Å². The lowest BCUT2D eigenvalue weighted by Gasteiger charge is -2.32. The standard InChI is InChI=1S/C32H68NO12/c1-4-5-6-7-8-9-10-11-12-13-14-33(2,3)15-27(35)17-41-19-29(37)21-43-23-31(39)25-45-26-32(40)24-44-22-30(38)20-42-18-28(36)16-34/h27-32,34-40H,4-26H2,1-3H3/q+1. The van der Waals surface area contributed by atoms with Gasteiger partial charge in [-0.3, -0.25) is 0 Å². The average molecular weight is 659 g/mol. The number of nitrogens with zero attached hydrogens (tertiary/aromatic N) is 1.